The average molecular weight is 248 g/mol. The van der Waals surface area contributed by atoms with Crippen LogP contribution in [0.2, 0.25) is 0 Å². The van der Waals surface area contributed by atoms with Crippen molar-refractivity contribution in [3.05, 3.63) is 15.9 Å². The molecule has 0 spiro atoms. The lowest BCUT2D eigenvalue weighted by molar-refractivity contribution is 0.723. The zero-order valence-electron chi connectivity index (χ0n) is 6.97. The molecule has 2 N–H and O–H groups in total. The van der Waals surface area contributed by atoms with Gasteiger partial charge in [0.05, 0.1) is 20.8 Å². The Labute approximate surface area is 85.1 Å². The van der Waals surface area contributed by atoms with Crippen molar-refractivity contribution in [2.45, 2.75) is 13.3 Å². The smallest absolute Gasteiger partial charge is 0.0787 e. The molecular formula is C7H10BrN3S. The van der Waals surface area contributed by atoms with Crippen LogP contribution < -0.4 is 5.73 Å². The predicted molar refractivity (Wildman–Crippen MR) is 56.1 cm³/mol. The van der Waals surface area contributed by atoms with Crippen LogP contribution >= 0.6 is 28.1 Å². The normalized spacial score (nSPS) is 10.2. The van der Waals surface area contributed by atoms with Gasteiger partial charge in [-0.05, 0) is 22.9 Å². The van der Waals surface area contributed by atoms with Crippen LogP contribution in [0.4, 0.5) is 0 Å². The molecule has 0 unspecified atom stereocenters. The largest absolute Gasteiger partial charge is 0.393 e. The molecule has 0 fully saturated rings. The third-order valence-electron chi connectivity index (χ3n) is 1.60. The molecule has 0 saturated carbocycles. The number of thiocarbonyl (C=S) groups is 1. The van der Waals surface area contributed by atoms with E-state index in [0.717, 1.165) is 15.9 Å². The zero-order valence-corrected chi connectivity index (χ0v) is 9.37. The molecule has 0 atom stereocenters. The summed E-state index contributed by atoms with van der Waals surface area (Å²) in [6.45, 7) is 1.94. The van der Waals surface area contributed by atoms with E-state index in [0.29, 0.717) is 11.4 Å². The molecule has 0 amide bonds. The Morgan fingerprint density at radius 1 is 1.75 bits per heavy atom. The molecule has 66 valence electrons. The van der Waals surface area contributed by atoms with E-state index in [1.807, 2.05) is 14.0 Å². The number of rotatable bonds is 2. The molecule has 3 nitrogen and oxygen atoms in total. The Morgan fingerprint density at radius 2 is 2.33 bits per heavy atom. The van der Waals surface area contributed by atoms with E-state index >= 15 is 0 Å². The Hall–Kier alpha value is -0.420. The molecule has 0 aliphatic rings. The highest BCUT2D eigenvalue weighted by atomic mass is 79.9. The first kappa shape index (κ1) is 9.67. The van der Waals surface area contributed by atoms with Crippen LogP contribution in [0.25, 0.3) is 0 Å². The molecule has 0 aromatic carbocycles. The van der Waals surface area contributed by atoms with Crippen molar-refractivity contribution in [1.82, 2.24) is 9.78 Å². The van der Waals surface area contributed by atoms with Crippen LogP contribution in [0.1, 0.15) is 11.4 Å². The van der Waals surface area contributed by atoms with E-state index in [9.17, 15) is 0 Å². The number of nitrogens with zero attached hydrogens (tertiary/aromatic N) is 2. The minimum atomic E-state index is 0.485. The van der Waals surface area contributed by atoms with Crippen LogP contribution in [0.3, 0.4) is 0 Å². The van der Waals surface area contributed by atoms with Crippen LogP contribution in [0.15, 0.2) is 4.47 Å². The maximum Gasteiger partial charge on any atom is 0.0787 e. The van der Waals surface area contributed by atoms with Gasteiger partial charge in [-0.15, -0.1) is 0 Å². The summed E-state index contributed by atoms with van der Waals surface area (Å²) >= 11 is 8.25. The first-order valence-corrected chi connectivity index (χ1v) is 4.68. The molecule has 5 heteroatoms. The lowest BCUT2D eigenvalue weighted by atomic mass is 10.3. The van der Waals surface area contributed by atoms with Crippen LogP contribution in [-0.2, 0) is 13.5 Å². The van der Waals surface area contributed by atoms with E-state index < -0.39 is 0 Å². The van der Waals surface area contributed by atoms with Gasteiger partial charge in [-0.2, -0.15) is 5.10 Å². The van der Waals surface area contributed by atoms with Crippen molar-refractivity contribution in [3.63, 3.8) is 0 Å². The Balaban J connectivity index is 3.05. The highest BCUT2D eigenvalue weighted by molar-refractivity contribution is 9.10. The zero-order chi connectivity index (χ0) is 9.30. The molecule has 1 rings (SSSR count). The van der Waals surface area contributed by atoms with Crippen molar-refractivity contribution < 1.29 is 0 Å². The summed E-state index contributed by atoms with van der Waals surface area (Å²) in [4.78, 5) is 0.485. The topological polar surface area (TPSA) is 43.8 Å². The number of aromatic nitrogens is 2. The van der Waals surface area contributed by atoms with Crippen LogP contribution in [-0.4, -0.2) is 14.8 Å². The summed E-state index contributed by atoms with van der Waals surface area (Å²) in [5.74, 6) is 0. The van der Waals surface area contributed by atoms with Gasteiger partial charge < -0.3 is 5.73 Å². The highest BCUT2D eigenvalue weighted by Crippen LogP contribution is 2.20. The quantitative estimate of drug-likeness (QED) is 0.803. The number of hydrogen-bond acceptors (Lipinski definition) is 2. The summed E-state index contributed by atoms with van der Waals surface area (Å²) in [6.07, 6.45) is 0.591. The average Bonchev–Trinajstić information content (AvgIpc) is 2.16. The summed E-state index contributed by atoms with van der Waals surface area (Å²) in [5.41, 5.74) is 7.43. The molecule has 0 radical (unpaired) electrons. The van der Waals surface area contributed by atoms with Crippen molar-refractivity contribution >= 4 is 33.1 Å². The second-order valence-corrected chi connectivity index (χ2v) is 3.93. The maximum atomic E-state index is 5.44. The second-order valence-electron chi connectivity index (χ2n) is 2.61. The number of hydrogen-bond donors (Lipinski definition) is 1. The maximum absolute atomic E-state index is 5.44. The van der Waals surface area contributed by atoms with Gasteiger partial charge in [-0.1, -0.05) is 12.2 Å². The summed E-state index contributed by atoms with van der Waals surface area (Å²) in [6, 6.07) is 0. The van der Waals surface area contributed by atoms with E-state index in [-0.39, 0.29) is 0 Å². The Morgan fingerprint density at radius 3 is 2.67 bits per heavy atom. The Bertz CT molecular complexity index is 319. The van der Waals surface area contributed by atoms with E-state index in [1.54, 1.807) is 4.68 Å². The standard InChI is InChI=1S/C7H10BrN3S/c1-4-7(8)5(3-6(9)12)11(2)10-4/h3H2,1-2H3,(H2,9,12). The monoisotopic (exact) mass is 247 g/mol. The Kier molecular flexibility index (Phi) is 2.85. The number of halogens is 1. The van der Waals surface area contributed by atoms with Gasteiger partial charge in [-0.3, -0.25) is 4.68 Å². The van der Waals surface area contributed by atoms with Gasteiger partial charge in [0.1, 0.15) is 0 Å². The first-order chi connectivity index (χ1) is 5.52. The van der Waals surface area contributed by atoms with Gasteiger partial charge in [0.2, 0.25) is 0 Å². The third-order valence-corrected chi connectivity index (χ3v) is 2.78. The van der Waals surface area contributed by atoms with Crippen molar-refractivity contribution in [2.24, 2.45) is 12.8 Å². The van der Waals surface area contributed by atoms with E-state index in [1.165, 1.54) is 0 Å². The fraction of sp³-hybridized carbons (Fsp3) is 0.429. The molecule has 0 saturated heterocycles. The van der Waals surface area contributed by atoms with Crippen LogP contribution in [0.5, 0.6) is 0 Å². The molecule has 0 bridgehead atoms. The van der Waals surface area contributed by atoms with E-state index in [2.05, 4.69) is 21.0 Å². The molecular weight excluding hydrogens is 238 g/mol. The fourth-order valence-corrected chi connectivity index (χ4v) is 1.65. The number of nitrogens with two attached hydrogens (primary N) is 1. The molecule has 1 aromatic rings. The molecule has 1 heterocycles. The van der Waals surface area contributed by atoms with Gasteiger partial charge >= 0.3 is 0 Å². The molecule has 12 heavy (non-hydrogen) atoms. The van der Waals surface area contributed by atoms with Gasteiger partial charge in [0.25, 0.3) is 0 Å². The summed E-state index contributed by atoms with van der Waals surface area (Å²) in [5, 5.41) is 4.22. The summed E-state index contributed by atoms with van der Waals surface area (Å²) < 4.78 is 2.79. The second kappa shape index (κ2) is 3.53. The van der Waals surface area contributed by atoms with Gasteiger partial charge in [-0.25, -0.2) is 0 Å². The van der Waals surface area contributed by atoms with E-state index in [4.69, 9.17) is 18.0 Å². The van der Waals surface area contributed by atoms with Gasteiger partial charge in [0.15, 0.2) is 0 Å². The molecule has 0 aliphatic heterocycles. The van der Waals surface area contributed by atoms with Crippen molar-refractivity contribution in [3.8, 4) is 0 Å². The predicted octanol–water partition coefficient (Wildman–Crippen LogP) is 1.32. The fourth-order valence-electron chi connectivity index (χ4n) is 1.04. The third kappa shape index (κ3) is 1.84. The minimum absolute atomic E-state index is 0.485. The highest BCUT2D eigenvalue weighted by Gasteiger charge is 2.10. The first-order valence-electron chi connectivity index (χ1n) is 3.48. The SMILES string of the molecule is Cc1nn(C)c(CC(N)=S)c1Br. The summed E-state index contributed by atoms with van der Waals surface area (Å²) in [7, 11) is 1.88. The molecule has 1 aromatic heterocycles. The van der Waals surface area contributed by atoms with Crippen molar-refractivity contribution in [1.29, 1.82) is 0 Å². The van der Waals surface area contributed by atoms with Gasteiger partial charge in [0, 0.05) is 13.5 Å². The molecule has 0 aliphatic carbocycles. The van der Waals surface area contributed by atoms with Crippen molar-refractivity contribution in [2.75, 3.05) is 0 Å². The number of aryl methyl sites for hydroxylation is 2. The lowest BCUT2D eigenvalue weighted by Crippen LogP contribution is -2.14. The minimum Gasteiger partial charge on any atom is -0.393 e. The lowest BCUT2D eigenvalue weighted by Gasteiger charge is -1.99. The van der Waals surface area contributed by atoms with Crippen LogP contribution in [0, 0.1) is 6.92 Å².